The van der Waals surface area contributed by atoms with E-state index in [-0.39, 0.29) is 19.5 Å². The first-order valence-electron chi connectivity index (χ1n) is 13.3. The van der Waals surface area contributed by atoms with Crippen LogP contribution in [-0.2, 0) is 10.3 Å². The fraction of sp³-hybridized carbons (Fsp3) is 0.367. The van der Waals surface area contributed by atoms with E-state index in [1.165, 1.54) is 12.0 Å². The number of hydrogen-bond acceptors (Lipinski definition) is 9. The van der Waals surface area contributed by atoms with Crippen LogP contribution < -0.4 is 14.8 Å². The summed E-state index contributed by atoms with van der Waals surface area (Å²) in [6, 6.07) is 16.7. The maximum absolute atomic E-state index is 12.5. The molecule has 3 N–H and O–H groups in total. The first-order valence-corrected chi connectivity index (χ1v) is 13.3. The second-order valence-electron chi connectivity index (χ2n) is 11.0. The lowest BCUT2D eigenvalue weighted by Gasteiger charge is -2.42. The number of β-amino-alcohol motifs (C(OH)–C–C–N with tert-alkyl or cyclic N) is 1. The van der Waals surface area contributed by atoms with Gasteiger partial charge in [0.15, 0.2) is 0 Å². The lowest BCUT2D eigenvalue weighted by molar-refractivity contribution is -0.123. The van der Waals surface area contributed by atoms with Gasteiger partial charge in [-0.15, -0.1) is 5.10 Å². The molecule has 1 aliphatic heterocycles. The summed E-state index contributed by atoms with van der Waals surface area (Å²) in [6.07, 6.45) is 0.0964. The second kappa shape index (κ2) is 10.9. The summed E-state index contributed by atoms with van der Waals surface area (Å²) in [5.41, 5.74) is 1.37. The van der Waals surface area contributed by atoms with Gasteiger partial charge in [-0.1, -0.05) is 18.2 Å². The lowest BCUT2D eigenvalue weighted by atomic mass is 9.82. The van der Waals surface area contributed by atoms with Gasteiger partial charge in [0, 0.05) is 18.5 Å². The van der Waals surface area contributed by atoms with Crippen LogP contribution in [0, 0.1) is 0 Å². The molecule has 216 valence electrons. The van der Waals surface area contributed by atoms with E-state index in [0.29, 0.717) is 22.9 Å². The van der Waals surface area contributed by atoms with Crippen molar-refractivity contribution in [2.45, 2.75) is 44.5 Å². The Hall–Kier alpha value is -4.35. The zero-order valence-corrected chi connectivity index (χ0v) is 23.8. The second-order valence-corrected chi connectivity index (χ2v) is 11.0. The van der Waals surface area contributed by atoms with E-state index in [4.69, 9.17) is 19.3 Å². The summed E-state index contributed by atoms with van der Waals surface area (Å²) >= 11 is 0. The number of piperidine rings is 1. The van der Waals surface area contributed by atoms with Gasteiger partial charge in [-0.05, 0) is 62.7 Å². The first kappa shape index (κ1) is 28.2. The van der Waals surface area contributed by atoms with E-state index in [9.17, 15) is 15.0 Å². The molecular formula is C30H35N5O6. The number of nitrogens with one attached hydrogen (secondary N) is 1. The number of carbonyl (C=O) groups excluding carboxylic acids is 1. The fourth-order valence-electron chi connectivity index (χ4n) is 4.96. The maximum atomic E-state index is 12.5. The summed E-state index contributed by atoms with van der Waals surface area (Å²) in [6.45, 7) is 5.51. The van der Waals surface area contributed by atoms with Crippen molar-refractivity contribution in [2.24, 2.45) is 0 Å². The monoisotopic (exact) mass is 561 g/mol. The number of para-hydroxylation sites is 1. The first-order chi connectivity index (χ1) is 19.5. The van der Waals surface area contributed by atoms with Crippen molar-refractivity contribution in [1.82, 2.24) is 19.5 Å². The van der Waals surface area contributed by atoms with E-state index >= 15 is 0 Å². The van der Waals surface area contributed by atoms with Crippen molar-refractivity contribution in [1.29, 1.82) is 0 Å². The Morgan fingerprint density at radius 1 is 1.07 bits per heavy atom. The van der Waals surface area contributed by atoms with Crippen LogP contribution >= 0.6 is 0 Å². The van der Waals surface area contributed by atoms with Gasteiger partial charge in [0.1, 0.15) is 28.8 Å². The van der Waals surface area contributed by atoms with Crippen LogP contribution in [-0.4, -0.2) is 74.8 Å². The summed E-state index contributed by atoms with van der Waals surface area (Å²) in [5.74, 6) is 1.49. The van der Waals surface area contributed by atoms with Gasteiger partial charge in [0.2, 0.25) is 5.95 Å². The van der Waals surface area contributed by atoms with Gasteiger partial charge in [-0.3, -0.25) is 0 Å². The van der Waals surface area contributed by atoms with E-state index in [2.05, 4.69) is 10.3 Å². The number of anilines is 2. The summed E-state index contributed by atoms with van der Waals surface area (Å²) in [5, 5.41) is 30.3. The van der Waals surface area contributed by atoms with Gasteiger partial charge in [-0.25, -0.2) is 14.3 Å². The minimum Gasteiger partial charge on any atom is -0.496 e. The van der Waals surface area contributed by atoms with E-state index in [0.717, 1.165) is 22.5 Å². The van der Waals surface area contributed by atoms with Gasteiger partial charge < -0.3 is 34.6 Å². The predicted molar refractivity (Wildman–Crippen MR) is 154 cm³/mol. The highest BCUT2D eigenvalue weighted by molar-refractivity contribution is 5.72. The number of amides is 1. The molecule has 1 aliphatic rings. The minimum atomic E-state index is -1.57. The third-order valence-electron chi connectivity index (χ3n) is 7.09. The molecule has 3 heterocycles. The molecule has 5 rings (SSSR count). The Bertz CT molecular complexity index is 1560. The SMILES string of the molecule is COc1cc(C2(O)CCN(C(=O)OC(C)(C)C)CC2O)ccc1Nc1ncc2ccc(-c3ccccc3OC)n2n1. The number of benzene rings is 2. The van der Waals surface area contributed by atoms with Crippen LogP contribution in [0.4, 0.5) is 16.4 Å². The number of methoxy groups -OCH3 is 2. The van der Waals surface area contributed by atoms with Crippen LogP contribution in [0.1, 0.15) is 32.8 Å². The molecule has 0 aliphatic carbocycles. The normalized spacial score (nSPS) is 19.2. The number of carbonyl (C=O) groups is 1. The molecule has 1 saturated heterocycles. The molecule has 11 heteroatoms. The van der Waals surface area contributed by atoms with Crippen molar-refractivity contribution in [3.8, 4) is 22.8 Å². The number of rotatable bonds is 6. The Kier molecular flexibility index (Phi) is 7.50. The molecule has 2 aromatic carbocycles. The number of aliphatic hydroxyl groups is 2. The summed E-state index contributed by atoms with van der Waals surface area (Å²) in [4.78, 5) is 18.3. The lowest BCUT2D eigenvalue weighted by Crippen LogP contribution is -2.55. The van der Waals surface area contributed by atoms with Crippen LogP contribution in [0.3, 0.4) is 0 Å². The molecule has 2 aromatic heterocycles. The largest absolute Gasteiger partial charge is 0.496 e. The number of hydrogen-bond donors (Lipinski definition) is 3. The molecule has 1 amide bonds. The smallest absolute Gasteiger partial charge is 0.410 e. The molecule has 11 nitrogen and oxygen atoms in total. The number of aliphatic hydroxyl groups excluding tert-OH is 1. The van der Waals surface area contributed by atoms with Crippen LogP contribution in [0.25, 0.3) is 16.8 Å². The third-order valence-corrected chi connectivity index (χ3v) is 7.09. The standard InChI is InChI=1S/C30H35N5O6/c1-29(2,3)41-28(37)34-15-14-30(38,26(36)18-34)19-10-12-22(25(16-19)40-5)32-27-31-17-20-11-13-23(35(20)33-27)21-8-6-7-9-24(21)39-4/h6-13,16-17,26,36,38H,14-15,18H2,1-5H3,(H,32,33). The van der Waals surface area contributed by atoms with E-state index < -0.39 is 23.4 Å². The molecule has 2 atom stereocenters. The number of nitrogens with zero attached hydrogens (tertiary/aromatic N) is 4. The summed E-state index contributed by atoms with van der Waals surface area (Å²) < 4.78 is 18.4. The average molecular weight is 562 g/mol. The Balaban J connectivity index is 1.38. The van der Waals surface area contributed by atoms with Gasteiger partial charge in [0.05, 0.1) is 43.9 Å². The highest BCUT2D eigenvalue weighted by Crippen LogP contribution is 2.38. The third kappa shape index (κ3) is 5.63. The molecule has 1 fully saturated rings. The van der Waals surface area contributed by atoms with Crippen LogP contribution in [0.15, 0.2) is 60.8 Å². The quantitative estimate of drug-likeness (QED) is 0.315. The summed E-state index contributed by atoms with van der Waals surface area (Å²) in [7, 11) is 3.15. The van der Waals surface area contributed by atoms with Crippen molar-refractivity contribution in [3.63, 3.8) is 0 Å². The maximum Gasteiger partial charge on any atom is 0.410 e. The molecule has 0 spiro atoms. The molecule has 0 bridgehead atoms. The van der Waals surface area contributed by atoms with Crippen LogP contribution in [0.5, 0.6) is 11.5 Å². The molecule has 4 aromatic rings. The zero-order chi connectivity index (χ0) is 29.4. The van der Waals surface area contributed by atoms with Crippen molar-refractivity contribution < 1.29 is 29.2 Å². The molecule has 0 radical (unpaired) electrons. The highest BCUT2D eigenvalue weighted by atomic mass is 16.6. The topological polar surface area (TPSA) is 131 Å². The van der Waals surface area contributed by atoms with Crippen molar-refractivity contribution in [3.05, 3.63) is 66.4 Å². The zero-order valence-electron chi connectivity index (χ0n) is 23.8. The van der Waals surface area contributed by atoms with Gasteiger partial charge in [0.25, 0.3) is 0 Å². The number of aromatic nitrogens is 3. The molecule has 2 unspecified atom stereocenters. The molecule has 41 heavy (non-hydrogen) atoms. The molecular weight excluding hydrogens is 526 g/mol. The Labute approximate surface area is 238 Å². The molecule has 0 saturated carbocycles. The predicted octanol–water partition coefficient (Wildman–Crippen LogP) is 4.35. The Morgan fingerprint density at radius 3 is 2.54 bits per heavy atom. The Morgan fingerprint density at radius 2 is 1.83 bits per heavy atom. The van der Waals surface area contributed by atoms with Crippen molar-refractivity contribution in [2.75, 3.05) is 32.6 Å². The highest BCUT2D eigenvalue weighted by Gasteiger charge is 2.44. The number of likely N-dealkylation sites (tertiary alicyclic amines) is 1. The fourth-order valence-corrected chi connectivity index (χ4v) is 4.96. The van der Waals surface area contributed by atoms with Gasteiger partial charge in [-0.2, -0.15) is 0 Å². The number of fused-ring (bicyclic) bond motifs is 1. The van der Waals surface area contributed by atoms with E-state index in [1.54, 1.807) is 56.8 Å². The van der Waals surface area contributed by atoms with Crippen LogP contribution in [0.2, 0.25) is 0 Å². The minimum absolute atomic E-state index is 0.0625. The van der Waals surface area contributed by atoms with Gasteiger partial charge >= 0.3 is 6.09 Å². The van der Waals surface area contributed by atoms with E-state index in [1.807, 2.05) is 36.4 Å². The number of ether oxygens (including phenoxy) is 3. The van der Waals surface area contributed by atoms with Crippen molar-refractivity contribution >= 4 is 23.2 Å². The average Bonchev–Trinajstić information content (AvgIpc) is 3.36.